The highest BCUT2D eigenvalue weighted by molar-refractivity contribution is 9.10. The minimum atomic E-state index is 0.153. The van der Waals surface area contributed by atoms with Gasteiger partial charge in [-0.1, -0.05) is 22.0 Å². The predicted octanol–water partition coefficient (Wildman–Crippen LogP) is 2.96. The number of benzene rings is 1. The molecule has 1 heterocycles. The van der Waals surface area contributed by atoms with Gasteiger partial charge in [-0.05, 0) is 56.3 Å². The Morgan fingerprint density at radius 2 is 2.32 bits per heavy atom. The molecule has 1 aromatic carbocycles. The summed E-state index contributed by atoms with van der Waals surface area (Å²) in [6.07, 6.45) is 3.29. The molecule has 1 atom stereocenters. The van der Waals surface area contributed by atoms with Gasteiger partial charge in [0.2, 0.25) is 0 Å². The van der Waals surface area contributed by atoms with E-state index in [0.717, 1.165) is 41.5 Å². The first-order valence-electron chi connectivity index (χ1n) is 6.87. The Kier molecular flexibility index (Phi) is 4.99. The van der Waals surface area contributed by atoms with Crippen molar-refractivity contribution in [2.45, 2.75) is 26.2 Å². The second-order valence-electron chi connectivity index (χ2n) is 5.30. The summed E-state index contributed by atoms with van der Waals surface area (Å²) in [6, 6.07) is 5.88. The molecule has 1 fully saturated rings. The van der Waals surface area contributed by atoms with Crippen molar-refractivity contribution >= 4 is 21.8 Å². The number of nitrogens with zero attached hydrogens (tertiary/aromatic N) is 1. The minimum Gasteiger partial charge on any atom is -0.338 e. The summed E-state index contributed by atoms with van der Waals surface area (Å²) in [5, 5.41) is 0. The molecule has 104 valence electrons. The summed E-state index contributed by atoms with van der Waals surface area (Å²) in [5.74, 6) is 0.718. The number of aryl methyl sites for hydroxylation is 1. The third-order valence-electron chi connectivity index (χ3n) is 3.81. The van der Waals surface area contributed by atoms with Crippen LogP contribution >= 0.6 is 15.9 Å². The molecular weight excluding hydrogens is 304 g/mol. The van der Waals surface area contributed by atoms with Crippen molar-refractivity contribution in [2.24, 2.45) is 11.7 Å². The lowest BCUT2D eigenvalue weighted by Crippen LogP contribution is -2.40. The van der Waals surface area contributed by atoms with Gasteiger partial charge in [0.25, 0.3) is 5.91 Å². The molecule has 1 aromatic rings. The van der Waals surface area contributed by atoms with E-state index in [1.54, 1.807) is 0 Å². The average molecular weight is 325 g/mol. The number of likely N-dealkylation sites (tertiary alicyclic amines) is 1. The van der Waals surface area contributed by atoms with Gasteiger partial charge < -0.3 is 10.6 Å². The molecule has 4 heteroatoms. The number of piperidine rings is 1. The molecule has 0 aliphatic carbocycles. The Hall–Kier alpha value is -0.870. The normalized spacial score (nSPS) is 19.5. The van der Waals surface area contributed by atoms with Crippen molar-refractivity contribution in [3.8, 4) is 0 Å². The van der Waals surface area contributed by atoms with E-state index in [-0.39, 0.29) is 5.91 Å². The molecule has 1 amide bonds. The van der Waals surface area contributed by atoms with Crippen molar-refractivity contribution in [1.29, 1.82) is 0 Å². The van der Waals surface area contributed by atoms with E-state index in [1.807, 2.05) is 30.0 Å². The molecule has 19 heavy (non-hydrogen) atoms. The number of carbonyl (C=O) groups excluding carboxylic acids is 1. The van der Waals surface area contributed by atoms with Gasteiger partial charge >= 0.3 is 0 Å². The number of hydrogen-bond acceptors (Lipinski definition) is 2. The second kappa shape index (κ2) is 6.53. The molecule has 0 radical (unpaired) electrons. The van der Waals surface area contributed by atoms with Crippen LogP contribution in [0.15, 0.2) is 22.7 Å². The van der Waals surface area contributed by atoms with E-state index in [2.05, 4.69) is 15.9 Å². The predicted molar refractivity (Wildman–Crippen MR) is 81.2 cm³/mol. The van der Waals surface area contributed by atoms with Gasteiger partial charge in [0.1, 0.15) is 0 Å². The molecule has 0 saturated carbocycles. The molecule has 1 aliphatic rings. The van der Waals surface area contributed by atoms with E-state index in [1.165, 1.54) is 6.42 Å². The van der Waals surface area contributed by atoms with Crippen LogP contribution < -0.4 is 5.73 Å². The molecule has 1 aliphatic heterocycles. The number of hydrogen-bond donors (Lipinski definition) is 1. The SMILES string of the molecule is Cc1ccc(Br)cc1C(=O)N1CCCC(CCN)C1. The Morgan fingerprint density at radius 3 is 3.05 bits per heavy atom. The van der Waals surface area contributed by atoms with E-state index in [4.69, 9.17) is 5.73 Å². The maximum Gasteiger partial charge on any atom is 0.254 e. The number of halogens is 1. The fourth-order valence-corrected chi connectivity index (χ4v) is 3.08. The third-order valence-corrected chi connectivity index (χ3v) is 4.30. The van der Waals surface area contributed by atoms with Crippen LogP contribution in [0.2, 0.25) is 0 Å². The summed E-state index contributed by atoms with van der Waals surface area (Å²) in [4.78, 5) is 14.6. The number of nitrogens with two attached hydrogens (primary N) is 1. The number of rotatable bonds is 3. The molecular formula is C15H21BrN2O. The van der Waals surface area contributed by atoms with Gasteiger partial charge in [-0.25, -0.2) is 0 Å². The van der Waals surface area contributed by atoms with E-state index in [0.29, 0.717) is 12.5 Å². The fraction of sp³-hybridized carbons (Fsp3) is 0.533. The van der Waals surface area contributed by atoms with Crippen LogP contribution in [0.25, 0.3) is 0 Å². The molecule has 0 bridgehead atoms. The first kappa shape index (κ1) is 14.5. The lowest BCUT2D eigenvalue weighted by Gasteiger charge is -2.33. The van der Waals surface area contributed by atoms with Crippen LogP contribution in [-0.2, 0) is 0 Å². The summed E-state index contributed by atoms with van der Waals surface area (Å²) in [6.45, 7) is 4.41. The van der Waals surface area contributed by atoms with Crippen LogP contribution in [0.4, 0.5) is 0 Å². The molecule has 1 saturated heterocycles. The van der Waals surface area contributed by atoms with Crippen molar-refractivity contribution in [1.82, 2.24) is 4.90 Å². The number of amides is 1. The Bertz CT molecular complexity index is 459. The highest BCUT2D eigenvalue weighted by Gasteiger charge is 2.24. The van der Waals surface area contributed by atoms with Gasteiger partial charge in [-0.3, -0.25) is 4.79 Å². The molecule has 2 N–H and O–H groups in total. The fourth-order valence-electron chi connectivity index (χ4n) is 2.72. The summed E-state index contributed by atoms with van der Waals surface area (Å²) in [5.41, 5.74) is 7.47. The van der Waals surface area contributed by atoms with Gasteiger partial charge in [0.15, 0.2) is 0 Å². The average Bonchev–Trinajstić information content (AvgIpc) is 2.41. The van der Waals surface area contributed by atoms with Crippen LogP contribution in [0.1, 0.15) is 35.2 Å². The molecule has 0 aromatic heterocycles. The van der Waals surface area contributed by atoms with Gasteiger partial charge in [0, 0.05) is 23.1 Å². The lowest BCUT2D eigenvalue weighted by molar-refractivity contribution is 0.0668. The van der Waals surface area contributed by atoms with Crippen LogP contribution in [0.3, 0.4) is 0 Å². The Labute approximate surface area is 123 Å². The third kappa shape index (κ3) is 3.57. The zero-order valence-corrected chi connectivity index (χ0v) is 12.9. The summed E-state index contributed by atoms with van der Waals surface area (Å²) < 4.78 is 0.956. The maximum absolute atomic E-state index is 12.6. The van der Waals surface area contributed by atoms with Gasteiger partial charge in [0.05, 0.1) is 0 Å². The summed E-state index contributed by atoms with van der Waals surface area (Å²) >= 11 is 3.44. The molecule has 0 spiro atoms. The zero-order valence-electron chi connectivity index (χ0n) is 11.4. The van der Waals surface area contributed by atoms with Crippen molar-refractivity contribution in [3.63, 3.8) is 0 Å². The summed E-state index contributed by atoms with van der Waals surface area (Å²) in [7, 11) is 0. The largest absolute Gasteiger partial charge is 0.338 e. The molecule has 1 unspecified atom stereocenters. The van der Waals surface area contributed by atoms with Gasteiger partial charge in [-0.15, -0.1) is 0 Å². The van der Waals surface area contributed by atoms with E-state index < -0.39 is 0 Å². The first-order valence-corrected chi connectivity index (χ1v) is 7.66. The number of carbonyl (C=O) groups is 1. The molecule has 3 nitrogen and oxygen atoms in total. The molecule has 2 rings (SSSR count). The van der Waals surface area contributed by atoms with E-state index >= 15 is 0 Å². The van der Waals surface area contributed by atoms with Crippen LogP contribution in [0.5, 0.6) is 0 Å². The van der Waals surface area contributed by atoms with Crippen LogP contribution in [-0.4, -0.2) is 30.4 Å². The maximum atomic E-state index is 12.6. The monoisotopic (exact) mass is 324 g/mol. The quantitative estimate of drug-likeness (QED) is 0.929. The minimum absolute atomic E-state index is 0.153. The second-order valence-corrected chi connectivity index (χ2v) is 6.21. The Morgan fingerprint density at radius 1 is 1.53 bits per heavy atom. The van der Waals surface area contributed by atoms with Crippen molar-refractivity contribution in [2.75, 3.05) is 19.6 Å². The van der Waals surface area contributed by atoms with Crippen molar-refractivity contribution in [3.05, 3.63) is 33.8 Å². The van der Waals surface area contributed by atoms with Crippen LogP contribution in [0, 0.1) is 12.8 Å². The van der Waals surface area contributed by atoms with Crippen molar-refractivity contribution < 1.29 is 4.79 Å². The first-order chi connectivity index (χ1) is 9.11. The van der Waals surface area contributed by atoms with Gasteiger partial charge in [-0.2, -0.15) is 0 Å². The zero-order chi connectivity index (χ0) is 13.8. The smallest absolute Gasteiger partial charge is 0.254 e. The highest BCUT2D eigenvalue weighted by atomic mass is 79.9. The Balaban J connectivity index is 2.12. The van der Waals surface area contributed by atoms with E-state index in [9.17, 15) is 4.79 Å². The standard InChI is InChI=1S/C15H21BrN2O/c1-11-4-5-13(16)9-14(11)15(19)18-8-2-3-12(10-18)6-7-17/h4-5,9,12H,2-3,6-8,10,17H2,1H3. The lowest BCUT2D eigenvalue weighted by atomic mass is 9.94. The topological polar surface area (TPSA) is 46.3 Å². The highest BCUT2D eigenvalue weighted by Crippen LogP contribution is 2.23.